The van der Waals surface area contributed by atoms with Crippen molar-refractivity contribution in [2.45, 2.75) is 45.1 Å². The van der Waals surface area contributed by atoms with Gasteiger partial charge in [0.05, 0.1) is 19.1 Å². The molecule has 1 aliphatic carbocycles. The van der Waals surface area contributed by atoms with Crippen molar-refractivity contribution in [3.8, 4) is 0 Å². The molecule has 1 saturated carbocycles. The van der Waals surface area contributed by atoms with Crippen LogP contribution < -0.4 is 11.4 Å². The van der Waals surface area contributed by atoms with Crippen LogP contribution in [0.25, 0.3) is 0 Å². The summed E-state index contributed by atoms with van der Waals surface area (Å²) in [6.45, 7) is 2.65. The molecule has 1 fully saturated rings. The molecule has 0 aliphatic heterocycles. The number of carbonyl (C=O) groups excluding carboxylic acids is 1. The molecule has 5 heteroatoms. The van der Waals surface area contributed by atoms with Crippen molar-refractivity contribution in [1.82, 2.24) is 5.59 Å². The second-order valence-corrected chi connectivity index (χ2v) is 4.11. The van der Waals surface area contributed by atoms with Crippen molar-refractivity contribution < 1.29 is 14.4 Å². The number of hydrogen-bond acceptors (Lipinski definition) is 5. The van der Waals surface area contributed by atoms with Crippen molar-refractivity contribution in [2.75, 3.05) is 6.61 Å². The quantitative estimate of drug-likeness (QED) is 0.527. The summed E-state index contributed by atoms with van der Waals surface area (Å²) in [6.07, 6.45) is 5.28. The molecule has 2 atom stereocenters. The maximum absolute atomic E-state index is 10.9. The Kier molecular flexibility index (Phi) is 5.60. The first kappa shape index (κ1) is 12.4. The van der Waals surface area contributed by atoms with E-state index in [1.165, 1.54) is 12.8 Å². The molecule has 5 nitrogen and oxygen atoms in total. The number of nitrogens with one attached hydrogen (secondary N) is 1. The van der Waals surface area contributed by atoms with E-state index in [1.54, 1.807) is 0 Å². The van der Waals surface area contributed by atoms with Crippen LogP contribution in [0.1, 0.15) is 39.0 Å². The first-order valence-electron chi connectivity index (χ1n) is 5.49. The van der Waals surface area contributed by atoms with Crippen LogP contribution in [0.4, 0.5) is 0 Å². The SMILES string of the molecule is CC1CCCC(OCCC(=O)ONN)C1. The van der Waals surface area contributed by atoms with Gasteiger partial charge in [-0.25, -0.2) is 5.84 Å². The maximum Gasteiger partial charge on any atom is 0.328 e. The molecule has 0 heterocycles. The van der Waals surface area contributed by atoms with Crippen LogP contribution in [0, 0.1) is 5.92 Å². The minimum atomic E-state index is -0.388. The number of hydrogen-bond donors (Lipinski definition) is 2. The van der Waals surface area contributed by atoms with Gasteiger partial charge in [0.25, 0.3) is 0 Å². The van der Waals surface area contributed by atoms with E-state index in [-0.39, 0.29) is 12.4 Å². The maximum atomic E-state index is 10.9. The van der Waals surface area contributed by atoms with Crippen LogP contribution in [0.15, 0.2) is 0 Å². The zero-order valence-corrected chi connectivity index (χ0v) is 9.20. The van der Waals surface area contributed by atoms with E-state index in [4.69, 9.17) is 10.6 Å². The number of carbonyl (C=O) groups is 1. The highest BCUT2D eigenvalue weighted by atomic mass is 16.7. The van der Waals surface area contributed by atoms with E-state index in [1.807, 2.05) is 5.59 Å². The second-order valence-electron chi connectivity index (χ2n) is 4.11. The third-order valence-corrected chi connectivity index (χ3v) is 2.72. The average Bonchev–Trinajstić information content (AvgIpc) is 2.18. The summed E-state index contributed by atoms with van der Waals surface area (Å²) >= 11 is 0. The predicted molar refractivity (Wildman–Crippen MR) is 55.4 cm³/mol. The third-order valence-electron chi connectivity index (χ3n) is 2.72. The molecule has 2 unspecified atom stereocenters. The zero-order valence-electron chi connectivity index (χ0n) is 9.20. The minimum Gasteiger partial charge on any atom is -0.378 e. The van der Waals surface area contributed by atoms with Gasteiger partial charge in [0.1, 0.15) is 0 Å². The second kappa shape index (κ2) is 6.76. The Bertz CT molecular complexity index is 199. The minimum absolute atomic E-state index is 0.245. The summed E-state index contributed by atoms with van der Waals surface area (Å²) in [7, 11) is 0. The average molecular weight is 216 g/mol. The standard InChI is InChI=1S/C10H20N2O3/c1-8-3-2-4-9(7-8)14-6-5-10(13)15-12-11/h8-9,12H,2-7,11H2,1H3. The van der Waals surface area contributed by atoms with Crippen molar-refractivity contribution in [3.05, 3.63) is 0 Å². The van der Waals surface area contributed by atoms with Gasteiger partial charge in [0.15, 0.2) is 0 Å². The van der Waals surface area contributed by atoms with Crippen LogP contribution in [0.3, 0.4) is 0 Å². The Morgan fingerprint density at radius 1 is 1.53 bits per heavy atom. The number of rotatable bonds is 5. The Balaban J connectivity index is 2.06. The van der Waals surface area contributed by atoms with Gasteiger partial charge >= 0.3 is 5.97 Å². The molecule has 1 rings (SSSR count). The van der Waals surface area contributed by atoms with Gasteiger partial charge in [-0.05, 0) is 18.8 Å². The lowest BCUT2D eigenvalue weighted by atomic mass is 9.89. The molecule has 0 aromatic heterocycles. The highest BCUT2D eigenvalue weighted by Crippen LogP contribution is 2.25. The van der Waals surface area contributed by atoms with Crippen LogP contribution in [0.5, 0.6) is 0 Å². The smallest absolute Gasteiger partial charge is 0.328 e. The molecule has 0 amide bonds. The third kappa shape index (κ3) is 5.11. The highest BCUT2D eigenvalue weighted by Gasteiger charge is 2.19. The molecule has 88 valence electrons. The fraction of sp³-hybridized carbons (Fsp3) is 0.900. The fourth-order valence-corrected chi connectivity index (χ4v) is 1.96. The largest absolute Gasteiger partial charge is 0.378 e. The molecule has 0 saturated heterocycles. The van der Waals surface area contributed by atoms with Crippen LogP contribution in [-0.4, -0.2) is 18.7 Å². The summed E-state index contributed by atoms with van der Waals surface area (Å²) in [5.74, 6) is 5.18. The molecule has 0 bridgehead atoms. The van der Waals surface area contributed by atoms with Gasteiger partial charge < -0.3 is 9.57 Å². The summed E-state index contributed by atoms with van der Waals surface area (Å²) < 4.78 is 5.60. The molecule has 0 radical (unpaired) electrons. The highest BCUT2D eigenvalue weighted by molar-refractivity contribution is 5.69. The van der Waals surface area contributed by atoms with Crippen LogP contribution in [0.2, 0.25) is 0 Å². The Morgan fingerprint density at radius 3 is 3.00 bits per heavy atom. The van der Waals surface area contributed by atoms with Gasteiger partial charge in [-0.1, -0.05) is 25.4 Å². The van der Waals surface area contributed by atoms with E-state index in [9.17, 15) is 4.79 Å². The van der Waals surface area contributed by atoms with Gasteiger partial charge in [-0.15, -0.1) is 0 Å². The zero-order chi connectivity index (χ0) is 11.1. The van der Waals surface area contributed by atoms with Crippen molar-refractivity contribution in [2.24, 2.45) is 11.8 Å². The number of hydrazine groups is 1. The first-order valence-corrected chi connectivity index (χ1v) is 5.49. The molecule has 15 heavy (non-hydrogen) atoms. The Hall–Kier alpha value is -0.650. The summed E-state index contributed by atoms with van der Waals surface area (Å²) in [4.78, 5) is 15.3. The van der Waals surface area contributed by atoms with Crippen LogP contribution >= 0.6 is 0 Å². The number of ether oxygens (including phenoxy) is 1. The molecule has 0 aromatic carbocycles. The monoisotopic (exact) mass is 216 g/mol. The predicted octanol–water partition coefficient (Wildman–Crippen LogP) is 0.893. The number of nitrogens with two attached hydrogens (primary N) is 1. The van der Waals surface area contributed by atoms with E-state index >= 15 is 0 Å². The fourth-order valence-electron chi connectivity index (χ4n) is 1.96. The van der Waals surface area contributed by atoms with E-state index in [0.29, 0.717) is 12.7 Å². The Morgan fingerprint density at radius 2 is 2.33 bits per heavy atom. The van der Waals surface area contributed by atoms with Crippen molar-refractivity contribution in [3.63, 3.8) is 0 Å². The molecular weight excluding hydrogens is 196 g/mol. The van der Waals surface area contributed by atoms with E-state index < -0.39 is 0 Å². The lowest BCUT2D eigenvalue weighted by molar-refractivity contribution is -0.153. The van der Waals surface area contributed by atoms with Crippen molar-refractivity contribution >= 4 is 5.97 Å². The molecule has 3 N–H and O–H groups in total. The lowest BCUT2D eigenvalue weighted by Gasteiger charge is -2.26. The van der Waals surface area contributed by atoms with E-state index in [2.05, 4.69) is 11.8 Å². The van der Waals surface area contributed by atoms with Gasteiger partial charge in [0.2, 0.25) is 0 Å². The topological polar surface area (TPSA) is 73.6 Å². The van der Waals surface area contributed by atoms with Gasteiger partial charge in [0, 0.05) is 0 Å². The molecule has 0 spiro atoms. The van der Waals surface area contributed by atoms with E-state index in [0.717, 1.165) is 18.8 Å². The normalized spacial score (nSPS) is 26.3. The molecule has 0 aromatic rings. The van der Waals surface area contributed by atoms with Crippen LogP contribution in [-0.2, 0) is 14.4 Å². The summed E-state index contributed by atoms with van der Waals surface area (Å²) in [6, 6.07) is 0. The lowest BCUT2D eigenvalue weighted by Crippen LogP contribution is -2.27. The van der Waals surface area contributed by atoms with Gasteiger partial charge in [-0.2, -0.15) is 0 Å². The molecule has 1 aliphatic rings. The Labute approximate surface area is 90.2 Å². The summed E-state index contributed by atoms with van der Waals surface area (Å²) in [5.41, 5.74) is 1.86. The van der Waals surface area contributed by atoms with Gasteiger partial charge in [-0.3, -0.25) is 4.79 Å². The van der Waals surface area contributed by atoms with Crippen molar-refractivity contribution in [1.29, 1.82) is 0 Å². The first-order chi connectivity index (χ1) is 7.22. The summed E-state index contributed by atoms with van der Waals surface area (Å²) in [5, 5.41) is 0. The molecular formula is C10H20N2O3.